The van der Waals surface area contributed by atoms with Crippen LogP contribution in [0.5, 0.6) is 0 Å². The van der Waals surface area contributed by atoms with Crippen LogP contribution in [0.25, 0.3) is 0 Å². The van der Waals surface area contributed by atoms with Gasteiger partial charge in [0.15, 0.2) is 0 Å². The maximum Gasteiger partial charge on any atom is 0.134 e. The van der Waals surface area contributed by atoms with E-state index in [0.29, 0.717) is 6.04 Å². The van der Waals surface area contributed by atoms with Gasteiger partial charge in [0.05, 0.1) is 19.3 Å². The third kappa shape index (κ3) is 2.54. The average molecular weight is 249 g/mol. The van der Waals surface area contributed by atoms with E-state index in [1.807, 2.05) is 13.0 Å². The Labute approximate surface area is 107 Å². The lowest BCUT2D eigenvalue weighted by molar-refractivity contribution is 0.122. The van der Waals surface area contributed by atoms with Gasteiger partial charge in [0, 0.05) is 32.2 Å². The normalized spacial score (nSPS) is 20.6. The molecule has 2 aliphatic rings. The van der Waals surface area contributed by atoms with Crippen LogP contribution in [0.4, 0.5) is 11.6 Å². The predicted molar refractivity (Wildman–Crippen MR) is 70.1 cm³/mol. The van der Waals surface area contributed by atoms with E-state index in [1.54, 1.807) is 0 Å². The zero-order valence-corrected chi connectivity index (χ0v) is 10.6. The minimum absolute atomic E-state index is 0.497. The summed E-state index contributed by atoms with van der Waals surface area (Å²) in [4.78, 5) is 11.2. The zero-order chi connectivity index (χ0) is 12.4. The minimum atomic E-state index is 0.497. The molecule has 0 aliphatic carbocycles. The number of aryl methyl sites for hydroxylation is 1. The van der Waals surface area contributed by atoms with Crippen LogP contribution in [0.2, 0.25) is 0 Å². The Kier molecular flexibility index (Phi) is 3.29. The van der Waals surface area contributed by atoms with Gasteiger partial charge in [-0.2, -0.15) is 0 Å². The Morgan fingerprint density at radius 2 is 2.11 bits per heavy atom. The van der Waals surface area contributed by atoms with Crippen LogP contribution in [-0.4, -0.2) is 55.4 Å². The van der Waals surface area contributed by atoms with Crippen LogP contribution in [0.3, 0.4) is 0 Å². The molecule has 3 rings (SSSR count). The first kappa shape index (κ1) is 11.7. The molecule has 2 saturated heterocycles. The summed E-state index contributed by atoms with van der Waals surface area (Å²) < 4.78 is 5.36. The lowest BCUT2D eigenvalue weighted by atomic mass is 10.2. The van der Waals surface area contributed by atoms with Gasteiger partial charge in [-0.05, 0) is 6.92 Å². The molecule has 0 atom stereocenters. The van der Waals surface area contributed by atoms with E-state index in [-0.39, 0.29) is 0 Å². The SMILES string of the molecule is Cc1nc(NC2CNC2)cc(N2CCOCC2)n1. The molecule has 18 heavy (non-hydrogen) atoms. The Morgan fingerprint density at radius 3 is 2.78 bits per heavy atom. The number of anilines is 2. The standard InChI is InChI=1S/C12H19N5O/c1-9-14-11(16-10-7-13-8-10)6-12(15-9)17-2-4-18-5-3-17/h6,10,13H,2-5,7-8H2,1H3,(H,14,15,16). The first-order chi connectivity index (χ1) is 8.81. The van der Waals surface area contributed by atoms with Gasteiger partial charge >= 0.3 is 0 Å². The van der Waals surface area contributed by atoms with E-state index < -0.39 is 0 Å². The fourth-order valence-electron chi connectivity index (χ4n) is 2.18. The molecule has 0 amide bonds. The van der Waals surface area contributed by atoms with Crippen molar-refractivity contribution in [3.8, 4) is 0 Å². The summed E-state index contributed by atoms with van der Waals surface area (Å²) >= 11 is 0. The number of morpholine rings is 1. The van der Waals surface area contributed by atoms with Gasteiger partial charge in [-0.15, -0.1) is 0 Å². The highest BCUT2D eigenvalue weighted by molar-refractivity contribution is 5.50. The Balaban J connectivity index is 1.75. The van der Waals surface area contributed by atoms with Gasteiger partial charge in [-0.3, -0.25) is 0 Å². The number of hydrogen-bond donors (Lipinski definition) is 2. The van der Waals surface area contributed by atoms with Gasteiger partial charge in [0.2, 0.25) is 0 Å². The number of rotatable bonds is 3. The van der Waals surface area contributed by atoms with Crippen molar-refractivity contribution in [2.24, 2.45) is 0 Å². The largest absolute Gasteiger partial charge is 0.378 e. The van der Waals surface area contributed by atoms with Gasteiger partial charge in [0.25, 0.3) is 0 Å². The summed E-state index contributed by atoms with van der Waals surface area (Å²) in [6.07, 6.45) is 0. The molecule has 0 bridgehead atoms. The van der Waals surface area contributed by atoms with E-state index in [2.05, 4.69) is 25.5 Å². The van der Waals surface area contributed by atoms with Crippen molar-refractivity contribution in [2.75, 3.05) is 49.6 Å². The molecule has 6 nitrogen and oxygen atoms in total. The van der Waals surface area contributed by atoms with Crippen LogP contribution < -0.4 is 15.5 Å². The van der Waals surface area contributed by atoms with Crippen molar-refractivity contribution in [2.45, 2.75) is 13.0 Å². The second-order valence-corrected chi connectivity index (χ2v) is 4.76. The van der Waals surface area contributed by atoms with E-state index in [0.717, 1.165) is 56.9 Å². The molecule has 1 aromatic rings. The van der Waals surface area contributed by atoms with E-state index >= 15 is 0 Å². The highest BCUT2D eigenvalue weighted by Gasteiger charge is 2.18. The molecular formula is C12H19N5O. The second kappa shape index (κ2) is 5.07. The number of ether oxygens (including phenoxy) is 1. The number of nitrogens with one attached hydrogen (secondary N) is 2. The summed E-state index contributed by atoms with van der Waals surface area (Å²) in [5.41, 5.74) is 0. The van der Waals surface area contributed by atoms with E-state index in [9.17, 15) is 0 Å². The van der Waals surface area contributed by atoms with Crippen molar-refractivity contribution in [3.05, 3.63) is 11.9 Å². The lowest BCUT2D eigenvalue weighted by Crippen LogP contribution is -2.51. The van der Waals surface area contributed by atoms with Gasteiger partial charge in [-0.1, -0.05) is 0 Å². The highest BCUT2D eigenvalue weighted by atomic mass is 16.5. The lowest BCUT2D eigenvalue weighted by Gasteiger charge is -2.30. The van der Waals surface area contributed by atoms with Crippen LogP contribution in [0.1, 0.15) is 5.82 Å². The summed E-state index contributed by atoms with van der Waals surface area (Å²) in [5.74, 6) is 2.74. The molecule has 6 heteroatoms. The first-order valence-corrected chi connectivity index (χ1v) is 6.47. The quantitative estimate of drug-likeness (QED) is 0.786. The third-order valence-corrected chi connectivity index (χ3v) is 3.29. The summed E-state index contributed by atoms with van der Waals surface area (Å²) in [6.45, 7) is 7.32. The number of nitrogens with zero attached hydrogens (tertiary/aromatic N) is 3. The minimum Gasteiger partial charge on any atom is -0.378 e. The molecule has 2 N–H and O–H groups in total. The fraction of sp³-hybridized carbons (Fsp3) is 0.667. The van der Waals surface area contributed by atoms with Crippen molar-refractivity contribution < 1.29 is 4.74 Å². The van der Waals surface area contributed by atoms with Crippen molar-refractivity contribution in [1.82, 2.24) is 15.3 Å². The van der Waals surface area contributed by atoms with Gasteiger partial charge < -0.3 is 20.3 Å². The maximum atomic E-state index is 5.36. The number of aromatic nitrogens is 2. The molecule has 0 radical (unpaired) electrons. The third-order valence-electron chi connectivity index (χ3n) is 3.29. The van der Waals surface area contributed by atoms with Crippen LogP contribution in [0.15, 0.2) is 6.07 Å². The van der Waals surface area contributed by atoms with Crippen molar-refractivity contribution in [3.63, 3.8) is 0 Å². The molecule has 3 heterocycles. The number of hydrogen-bond acceptors (Lipinski definition) is 6. The summed E-state index contributed by atoms with van der Waals surface area (Å²) in [5, 5.41) is 6.67. The van der Waals surface area contributed by atoms with Gasteiger partial charge in [0.1, 0.15) is 17.5 Å². The van der Waals surface area contributed by atoms with Crippen molar-refractivity contribution in [1.29, 1.82) is 0 Å². The monoisotopic (exact) mass is 249 g/mol. The van der Waals surface area contributed by atoms with Crippen molar-refractivity contribution >= 4 is 11.6 Å². The zero-order valence-electron chi connectivity index (χ0n) is 10.6. The maximum absolute atomic E-state index is 5.36. The molecule has 98 valence electrons. The predicted octanol–water partition coefficient (Wildman–Crippen LogP) is 0.00532. The summed E-state index contributed by atoms with van der Waals surface area (Å²) in [6, 6.07) is 2.54. The molecule has 1 aromatic heterocycles. The Bertz CT molecular complexity index is 415. The van der Waals surface area contributed by atoms with Crippen LogP contribution in [-0.2, 0) is 4.74 Å². The molecular weight excluding hydrogens is 230 g/mol. The van der Waals surface area contributed by atoms with Crippen LogP contribution in [0, 0.1) is 6.92 Å². The molecule has 2 aliphatic heterocycles. The molecule has 0 aromatic carbocycles. The molecule has 0 unspecified atom stereocenters. The summed E-state index contributed by atoms with van der Waals surface area (Å²) in [7, 11) is 0. The highest BCUT2D eigenvalue weighted by Crippen LogP contribution is 2.18. The Hall–Kier alpha value is -1.40. The van der Waals surface area contributed by atoms with E-state index in [4.69, 9.17) is 4.74 Å². The van der Waals surface area contributed by atoms with Gasteiger partial charge in [-0.25, -0.2) is 9.97 Å². The smallest absolute Gasteiger partial charge is 0.134 e. The first-order valence-electron chi connectivity index (χ1n) is 6.47. The molecule has 0 spiro atoms. The van der Waals surface area contributed by atoms with E-state index in [1.165, 1.54) is 0 Å². The second-order valence-electron chi connectivity index (χ2n) is 4.76. The fourth-order valence-corrected chi connectivity index (χ4v) is 2.18. The molecule has 2 fully saturated rings. The topological polar surface area (TPSA) is 62.3 Å². The van der Waals surface area contributed by atoms with Crippen LogP contribution >= 0.6 is 0 Å². The Morgan fingerprint density at radius 1 is 1.33 bits per heavy atom. The average Bonchev–Trinajstić information content (AvgIpc) is 2.34. The molecule has 0 saturated carbocycles.